The second kappa shape index (κ2) is 7.49. The third-order valence-corrected chi connectivity index (χ3v) is 4.35. The van der Waals surface area contributed by atoms with Crippen molar-refractivity contribution in [2.24, 2.45) is 0 Å². The van der Waals surface area contributed by atoms with E-state index in [2.05, 4.69) is 10.3 Å². The minimum atomic E-state index is -0.778. The number of carbonyl (C=O) groups is 1. The minimum absolute atomic E-state index is 0.187. The van der Waals surface area contributed by atoms with Gasteiger partial charge in [0.25, 0.3) is 5.91 Å². The fourth-order valence-corrected chi connectivity index (χ4v) is 3.02. The molecule has 1 aromatic heterocycles. The number of nitrogens with one attached hydrogen (secondary N) is 1. The molecule has 6 heteroatoms. The molecule has 1 aliphatic carbocycles. The van der Waals surface area contributed by atoms with E-state index in [0.717, 1.165) is 25.0 Å². The molecule has 0 aliphatic heterocycles. The maximum absolute atomic E-state index is 12.3. The highest BCUT2D eigenvalue weighted by molar-refractivity contribution is 5.92. The van der Waals surface area contributed by atoms with E-state index in [1.54, 1.807) is 6.92 Å². The van der Waals surface area contributed by atoms with Gasteiger partial charge in [-0.05, 0) is 38.3 Å². The van der Waals surface area contributed by atoms with E-state index in [0.29, 0.717) is 12.1 Å². The van der Waals surface area contributed by atoms with Crippen LogP contribution in [0.1, 0.15) is 41.9 Å². The zero-order valence-corrected chi connectivity index (χ0v) is 13.6. The highest BCUT2D eigenvalue weighted by Gasteiger charge is 2.33. The lowest BCUT2D eigenvalue weighted by Gasteiger charge is -2.28. The number of oxazole rings is 1. The number of para-hydroxylation sites is 1. The molecule has 0 bridgehead atoms. The van der Waals surface area contributed by atoms with Crippen LogP contribution in [0.3, 0.4) is 0 Å². The highest BCUT2D eigenvalue weighted by Crippen LogP contribution is 2.24. The molecule has 1 heterocycles. The number of hydrogen-bond donors (Lipinski definition) is 2. The number of hydrogen-bond acceptors (Lipinski definition) is 5. The van der Waals surface area contributed by atoms with Gasteiger partial charge in [-0.2, -0.15) is 0 Å². The molecule has 3 atom stereocenters. The molecule has 6 nitrogen and oxygen atoms in total. The summed E-state index contributed by atoms with van der Waals surface area (Å²) in [6.45, 7) is 1.71. The van der Waals surface area contributed by atoms with E-state index in [9.17, 15) is 9.90 Å². The molecule has 2 aromatic rings. The van der Waals surface area contributed by atoms with Crippen LogP contribution >= 0.6 is 0 Å². The third kappa shape index (κ3) is 3.76. The summed E-state index contributed by atoms with van der Waals surface area (Å²) in [7, 11) is 0. The van der Waals surface area contributed by atoms with E-state index >= 15 is 0 Å². The molecule has 1 aliphatic rings. The van der Waals surface area contributed by atoms with Crippen molar-refractivity contribution in [1.82, 2.24) is 10.3 Å². The molecule has 3 rings (SSSR count). The van der Waals surface area contributed by atoms with Gasteiger partial charge in [0.05, 0.1) is 11.7 Å². The molecule has 1 aromatic carbocycles. The summed E-state index contributed by atoms with van der Waals surface area (Å²) in [5, 5.41) is 13.6. The monoisotopic (exact) mass is 330 g/mol. The van der Waals surface area contributed by atoms with Crippen molar-refractivity contribution in [3.05, 3.63) is 48.2 Å². The van der Waals surface area contributed by atoms with Crippen molar-refractivity contribution >= 4 is 5.91 Å². The number of nitrogens with zero attached hydrogens (tertiary/aromatic N) is 1. The summed E-state index contributed by atoms with van der Waals surface area (Å²) < 4.78 is 11.1. The van der Waals surface area contributed by atoms with E-state index in [-0.39, 0.29) is 23.8 Å². The lowest BCUT2D eigenvalue weighted by atomic mass is 10.0. The van der Waals surface area contributed by atoms with Gasteiger partial charge in [-0.3, -0.25) is 4.79 Å². The van der Waals surface area contributed by atoms with Crippen LogP contribution in [0.25, 0.3) is 0 Å². The first-order chi connectivity index (χ1) is 11.6. The van der Waals surface area contributed by atoms with Crippen LogP contribution in [0, 0.1) is 6.92 Å². The van der Waals surface area contributed by atoms with Crippen LogP contribution in [0.15, 0.2) is 41.1 Å². The Morgan fingerprint density at radius 3 is 2.75 bits per heavy atom. The number of carbonyl (C=O) groups excluding carboxylic acids is 1. The van der Waals surface area contributed by atoms with Crippen molar-refractivity contribution in [3.8, 4) is 5.75 Å². The van der Waals surface area contributed by atoms with Crippen molar-refractivity contribution in [3.63, 3.8) is 0 Å². The average Bonchev–Trinajstić information content (AvgIpc) is 2.95. The van der Waals surface area contributed by atoms with Gasteiger partial charge in [0, 0.05) is 0 Å². The first-order valence-electron chi connectivity index (χ1n) is 8.26. The number of aliphatic hydroxyl groups excluding tert-OH is 1. The Bertz CT molecular complexity index is 671. The molecule has 1 saturated carbocycles. The SMILES string of the molecule is Cc1ncoc1C(=O)N[C@@H]1CCCC[C@@H](Oc2ccccc2)[C@@H]1O. The maximum atomic E-state index is 12.3. The van der Waals surface area contributed by atoms with Crippen LogP contribution in [0.4, 0.5) is 0 Å². The second-order valence-corrected chi connectivity index (χ2v) is 6.09. The van der Waals surface area contributed by atoms with E-state index in [1.165, 1.54) is 6.39 Å². The van der Waals surface area contributed by atoms with Crippen molar-refractivity contribution < 1.29 is 19.1 Å². The molecule has 1 fully saturated rings. The van der Waals surface area contributed by atoms with Gasteiger partial charge in [-0.15, -0.1) is 0 Å². The quantitative estimate of drug-likeness (QED) is 0.841. The molecular formula is C18H22N2O4. The Morgan fingerprint density at radius 2 is 2.04 bits per heavy atom. The predicted molar refractivity (Wildman–Crippen MR) is 87.8 cm³/mol. The largest absolute Gasteiger partial charge is 0.488 e. The summed E-state index contributed by atoms with van der Waals surface area (Å²) >= 11 is 0. The van der Waals surface area contributed by atoms with Crippen molar-refractivity contribution in [2.45, 2.75) is 50.9 Å². The molecule has 128 valence electrons. The van der Waals surface area contributed by atoms with Crippen LogP contribution < -0.4 is 10.1 Å². The van der Waals surface area contributed by atoms with Crippen LogP contribution in [0.5, 0.6) is 5.75 Å². The lowest BCUT2D eigenvalue weighted by Crippen LogP contribution is -2.49. The van der Waals surface area contributed by atoms with Gasteiger partial charge in [0.15, 0.2) is 6.39 Å². The van der Waals surface area contributed by atoms with Gasteiger partial charge in [-0.1, -0.05) is 24.6 Å². The summed E-state index contributed by atoms with van der Waals surface area (Å²) in [5.41, 5.74) is 0.535. The number of amides is 1. The normalized spacial score (nSPS) is 24.2. The van der Waals surface area contributed by atoms with Crippen molar-refractivity contribution in [2.75, 3.05) is 0 Å². The predicted octanol–water partition coefficient (Wildman–Crippen LogP) is 2.46. The van der Waals surface area contributed by atoms with Crippen LogP contribution in [0.2, 0.25) is 0 Å². The molecular weight excluding hydrogens is 308 g/mol. The number of aromatic nitrogens is 1. The van der Waals surface area contributed by atoms with Gasteiger partial charge >= 0.3 is 0 Å². The topological polar surface area (TPSA) is 84.6 Å². The molecule has 2 N–H and O–H groups in total. The zero-order chi connectivity index (χ0) is 16.9. The molecule has 0 spiro atoms. The Labute approximate surface area is 140 Å². The Hall–Kier alpha value is -2.34. The van der Waals surface area contributed by atoms with Gasteiger partial charge < -0.3 is 19.6 Å². The smallest absolute Gasteiger partial charge is 0.289 e. The molecule has 1 amide bonds. The lowest BCUT2D eigenvalue weighted by molar-refractivity contribution is 0.0126. The average molecular weight is 330 g/mol. The van der Waals surface area contributed by atoms with E-state index < -0.39 is 6.10 Å². The number of benzene rings is 1. The fourth-order valence-electron chi connectivity index (χ4n) is 3.02. The Balaban J connectivity index is 1.68. The third-order valence-electron chi connectivity index (χ3n) is 4.35. The Morgan fingerprint density at radius 1 is 1.29 bits per heavy atom. The summed E-state index contributed by atoms with van der Waals surface area (Å²) in [6.07, 6.45) is 3.44. The standard InChI is InChI=1S/C18H22N2O4/c1-12-17(23-11-19-12)18(22)20-14-9-5-6-10-15(16(14)21)24-13-7-3-2-4-8-13/h2-4,7-8,11,14-16,21H,5-6,9-10H2,1H3,(H,20,22)/t14-,15-,16-/m1/s1. The van der Waals surface area contributed by atoms with Crippen molar-refractivity contribution in [1.29, 1.82) is 0 Å². The molecule has 0 saturated heterocycles. The van der Waals surface area contributed by atoms with Gasteiger partial charge in [0.2, 0.25) is 5.76 Å². The van der Waals surface area contributed by atoms with Gasteiger partial charge in [-0.25, -0.2) is 4.98 Å². The summed E-state index contributed by atoms with van der Waals surface area (Å²) in [4.78, 5) is 16.2. The fraction of sp³-hybridized carbons (Fsp3) is 0.444. The molecule has 0 radical (unpaired) electrons. The van der Waals surface area contributed by atoms with E-state index in [4.69, 9.17) is 9.15 Å². The van der Waals surface area contributed by atoms with E-state index in [1.807, 2.05) is 30.3 Å². The second-order valence-electron chi connectivity index (χ2n) is 6.09. The number of aliphatic hydroxyl groups is 1. The first-order valence-corrected chi connectivity index (χ1v) is 8.26. The number of ether oxygens (including phenoxy) is 1. The zero-order valence-electron chi connectivity index (χ0n) is 13.6. The van der Waals surface area contributed by atoms with Crippen LogP contribution in [-0.4, -0.2) is 34.2 Å². The summed E-state index contributed by atoms with van der Waals surface area (Å²) in [6, 6.07) is 9.05. The molecule has 0 unspecified atom stereocenters. The molecule has 24 heavy (non-hydrogen) atoms. The Kier molecular flexibility index (Phi) is 5.15. The summed E-state index contributed by atoms with van der Waals surface area (Å²) in [5.74, 6) is 0.556. The maximum Gasteiger partial charge on any atom is 0.289 e. The number of rotatable bonds is 4. The minimum Gasteiger partial charge on any atom is -0.488 e. The first kappa shape index (κ1) is 16.5. The highest BCUT2D eigenvalue weighted by atomic mass is 16.5. The number of aryl methyl sites for hydroxylation is 1. The van der Waals surface area contributed by atoms with Crippen LogP contribution in [-0.2, 0) is 0 Å². The van der Waals surface area contributed by atoms with Gasteiger partial charge in [0.1, 0.15) is 18.0 Å².